The van der Waals surface area contributed by atoms with Gasteiger partial charge in [0.1, 0.15) is 17.5 Å². The SMILES string of the molecule is CN(C(=O)Cc1ccncc1)C(CS(=O)(=O)c1ccc(Oc2ccccc2)cc1)C(=O)NO. The molecule has 2 aromatic carbocycles. The molecule has 10 heteroatoms. The number of sulfone groups is 1. The molecule has 0 saturated heterocycles. The molecule has 9 nitrogen and oxygen atoms in total. The molecule has 0 saturated carbocycles. The molecule has 3 rings (SSSR count). The van der Waals surface area contributed by atoms with E-state index in [1.54, 1.807) is 24.3 Å². The molecule has 1 atom stereocenters. The number of para-hydroxylation sites is 1. The zero-order chi connectivity index (χ0) is 23.8. The van der Waals surface area contributed by atoms with Crippen molar-refractivity contribution < 1.29 is 28.0 Å². The van der Waals surface area contributed by atoms with Crippen LogP contribution in [-0.4, -0.2) is 54.2 Å². The van der Waals surface area contributed by atoms with E-state index < -0.39 is 33.4 Å². The summed E-state index contributed by atoms with van der Waals surface area (Å²) in [6, 6.07) is 16.6. The Labute approximate surface area is 191 Å². The van der Waals surface area contributed by atoms with Gasteiger partial charge in [-0.15, -0.1) is 0 Å². The summed E-state index contributed by atoms with van der Waals surface area (Å²) in [5, 5.41) is 9.11. The van der Waals surface area contributed by atoms with Gasteiger partial charge in [-0.2, -0.15) is 0 Å². The highest BCUT2D eigenvalue weighted by atomic mass is 32.2. The van der Waals surface area contributed by atoms with Gasteiger partial charge in [0.25, 0.3) is 5.91 Å². The molecule has 1 aromatic heterocycles. The van der Waals surface area contributed by atoms with Gasteiger partial charge in [-0.3, -0.25) is 19.8 Å². The summed E-state index contributed by atoms with van der Waals surface area (Å²) in [6.45, 7) is 0. The molecule has 3 aromatic rings. The summed E-state index contributed by atoms with van der Waals surface area (Å²) in [7, 11) is -2.67. The van der Waals surface area contributed by atoms with E-state index in [2.05, 4.69) is 4.98 Å². The van der Waals surface area contributed by atoms with Gasteiger partial charge in [0.2, 0.25) is 5.91 Å². The highest BCUT2D eigenvalue weighted by Gasteiger charge is 2.32. The molecule has 0 aliphatic carbocycles. The maximum absolute atomic E-state index is 13.0. The van der Waals surface area contributed by atoms with E-state index >= 15 is 0 Å². The van der Waals surface area contributed by atoms with E-state index in [1.807, 2.05) is 18.2 Å². The van der Waals surface area contributed by atoms with Crippen molar-refractivity contribution in [3.63, 3.8) is 0 Å². The number of nitrogens with zero attached hydrogens (tertiary/aromatic N) is 2. The van der Waals surface area contributed by atoms with Gasteiger partial charge in [0, 0.05) is 19.4 Å². The summed E-state index contributed by atoms with van der Waals surface area (Å²) in [6.07, 6.45) is 2.99. The van der Waals surface area contributed by atoms with Crippen molar-refractivity contribution in [2.45, 2.75) is 17.4 Å². The van der Waals surface area contributed by atoms with Crippen molar-refractivity contribution in [1.82, 2.24) is 15.4 Å². The number of likely N-dealkylation sites (N-methyl/N-ethyl adjacent to an activating group) is 1. The Morgan fingerprint density at radius 3 is 2.21 bits per heavy atom. The zero-order valence-corrected chi connectivity index (χ0v) is 18.6. The number of carbonyl (C=O) groups excluding carboxylic acids is 2. The van der Waals surface area contributed by atoms with Crippen LogP contribution in [0.5, 0.6) is 11.5 Å². The third-order valence-corrected chi connectivity index (χ3v) is 6.66. The lowest BCUT2D eigenvalue weighted by molar-refractivity contribution is -0.141. The molecule has 0 spiro atoms. The Morgan fingerprint density at radius 1 is 1.00 bits per heavy atom. The van der Waals surface area contributed by atoms with E-state index in [9.17, 15) is 18.0 Å². The summed E-state index contributed by atoms with van der Waals surface area (Å²) in [4.78, 5) is 29.7. The predicted octanol–water partition coefficient (Wildman–Crippen LogP) is 2.22. The lowest BCUT2D eigenvalue weighted by Gasteiger charge is -2.26. The lowest BCUT2D eigenvalue weighted by Crippen LogP contribution is -2.51. The standard InChI is InChI=1S/C23H23N3O6S/c1-26(22(27)15-17-11-13-24-14-12-17)21(23(28)25-29)16-33(30,31)20-9-7-19(8-10-20)32-18-5-3-2-4-6-18/h2-14,21,29H,15-16H2,1H3,(H,25,28). The largest absolute Gasteiger partial charge is 0.457 e. The number of benzene rings is 2. The summed E-state index contributed by atoms with van der Waals surface area (Å²) >= 11 is 0. The fourth-order valence-corrected chi connectivity index (χ4v) is 4.59. The summed E-state index contributed by atoms with van der Waals surface area (Å²) in [5.41, 5.74) is 2.10. The topological polar surface area (TPSA) is 126 Å². The van der Waals surface area contributed by atoms with Crippen LogP contribution < -0.4 is 10.2 Å². The smallest absolute Gasteiger partial charge is 0.267 e. The number of hydrogen-bond donors (Lipinski definition) is 2. The number of hydrogen-bond acceptors (Lipinski definition) is 7. The monoisotopic (exact) mass is 469 g/mol. The van der Waals surface area contributed by atoms with Gasteiger partial charge in [-0.05, 0) is 54.1 Å². The molecule has 1 unspecified atom stereocenters. The molecule has 2 N–H and O–H groups in total. The molecule has 0 bridgehead atoms. The first-order valence-corrected chi connectivity index (χ1v) is 11.6. The van der Waals surface area contributed by atoms with Crippen molar-refractivity contribution in [3.8, 4) is 11.5 Å². The van der Waals surface area contributed by atoms with Crippen LogP contribution in [0.25, 0.3) is 0 Å². The van der Waals surface area contributed by atoms with Crippen LogP contribution in [0.3, 0.4) is 0 Å². The Morgan fingerprint density at radius 2 is 1.61 bits per heavy atom. The van der Waals surface area contributed by atoms with Crippen LogP contribution in [0.1, 0.15) is 5.56 Å². The fraction of sp³-hybridized carbons (Fsp3) is 0.174. The minimum atomic E-state index is -3.99. The zero-order valence-electron chi connectivity index (χ0n) is 17.8. The van der Waals surface area contributed by atoms with Crippen LogP contribution in [-0.2, 0) is 25.8 Å². The Balaban J connectivity index is 1.74. The van der Waals surface area contributed by atoms with Gasteiger partial charge in [-0.25, -0.2) is 13.9 Å². The molecule has 172 valence electrons. The molecule has 33 heavy (non-hydrogen) atoms. The molecule has 0 fully saturated rings. The minimum absolute atomic E-state index is 0.0476. The average Bonchev–Trinajstić information content (AvgIpc) is 2.83. The number of amides is 2. The number of nitrogens with one attached hydrogen (secondary N) is 1. The second kappa shape index (κ2) is 10.7. The van der Waals surface area contributed by atoms with Gasteiger partial charge < -0.3 is 9.64 Å². The van der Waals surface area contributed by atoms with Crippen molar-refractivity contribution in [1.29, 1.82) is 0 Å². The minimum Gasteiger partial charge on any atom is -0.457 e. The summed E-state index contributed by atoms with van der Waals surface area (Å²) < 4.78 is 31.6. The van der Waals surface area contributed by atoms with Crippen LogP contribution in [0, 0.1) is 0 Å². The number of carbonyl (C=O) groups is 2. The van der Waals surface area contributed by atoms with Crippen LogP contribution in [0.2, 0.25) is 0 Å². The number of pyridine rings is 1. The Hall–Kier alpha value is -3.76. The Kier molecular flexibility index (Phi) is 7.75. The quantitative estimate of drug-likeness (QED) is 0.363. The second-order valence-electron chi connectivity index (χ2n) is 7.20. The number of rotatable bonds is 9. The van der Waals surface area contributed by atoms with E-state index in [0.717, 1.165) is 4.90 Å². The molecular formula is C23H23N3O6S. The first-order chi connectivity index (χ1) is 15.8. The van der Waals surface area contributed by atoms with E-state index in [0.29, 0.717) is 17.1 Å². The van der Waals surface area contributed by atoms with Gasteiger partial charge in [-0.1, -0.05) is 18.2 Å². The molecule has 0 aliphatic heterocycles. The third-order valence-electron chi connectivity index (χ3n) is 4.92. The van der Waals surface area contributed by atoms with Crippen molar-refractivity contribution >= 4 is 21.7 Å². The molecule has 2 amide bonds. The highest BCUT2D eigenvalue weighted by molar-refractivity contribution is 7.91. The number of ether oxygens (including phenoxy) is 1. The maximum Gasteiger partial charge on any atom is 0.267 e. The van der Waals surface area contributed by atoms with Crippen molar-refractivity contribution in [2.24, 2.45) is 0 Å². The van der Waals surface area contributed by atoms with Gasteiger partial charge in [0.05, 0.1) is 17.1 Å². The second-order valence-corrected chi connectivity index (χ2v) is 9.23. The number of hydroxylamine groups is 1. The van der Waals surface area contributed by atoms with Gasteiger partial charge >= 0.3 is 0 Å². The van der Waals surface area contributed by atoms with Crippen LogP contribution in [0.15, 0.2) is 84.0 Å². The van der Waals surface area contributed by atoms with E-state index in [1.165, 1.54) is 49.2 Å². The van der Waals surface area contributed by atoms with E-state index in [4.69, 9.17) is 9.94 Å². The predicted molar refractivity (Wildman–Crippen MR) is 119 cm³/mol. The molecule has 0 radical (unpaired) electrons. The fourth-order valence-electron chi connectivity index (χ4n) is 3.06. The van der Waals surface area contributed by atoms with E-state index in [-0.39, 0.29) is 11.3 Å². The average molecular weight is 470 g/mol. The van der Waals surface area contributed by atoms with Gasteiger partial charge in [0.15, 0.2) is 9.84 Å². The normalized spacial score (nSPS) is 11.9. The summed E-state index contributed by atoms with van der Waals surface area (Å²) in [5.74, 6) is -1.17. The maximum atomic E-state index is 13.0. The Bertz CT molecular complexity index is 1190. The van der Waals surface area contributed by atoms with Crippen molar-refractivity contribution in [2.75, 3.05) is 12.8 Å². The molecule has 1 heterocycles. The van der Waals surface area contributed by atoms with Crippen LogP contribution in [0.4, 0.5) is 0 Å². The highest BCUT2D eigenvalue weighted by Crippen LogP contribution is 2.23. The van der Waals surface area contributed by atoms with Crippen molar-refractivity contribution in [3.05, 3.63) is 84.7 Å². The first-order valence-electron chi connectivity index (χ1n) is 9.94. The lowest BCUT2D eigenvalue weighted by atomic mass is 10.1. The first kappa shape index (κ1) is 23.9. The third kappa shape index (κ3) is 6.37. The molecular weight excluding hydrogens is 446 g/mol. The molecule has 0 aliphatic rings. The number of aromatic nitrogens is 1. The van der Waals surface area contributed by atoms with Crippen LogP contribution >= 0.6 is 0 Å².